The molecule has 33 heavy (non-hydrogen) atoms. The number of thiol groups is 1. The number of amides is 3. The summed E-state index contributed by atoms with van der Waals surface area (Å²) in [5.41, 5.74) is 7.01. The Morgan fingerprint density at radius 1 is 1.03 bits per heavy atom. The summed E-state index contributed by atoms with van der Waals surface area (Å²) < 4.78 is 0. The largest absolute Gasteiger partial charge is 0.480 e. The van der Waals surface area contributed by atoms with Crippen LogP contribution in [0.2, 0.25) is 0 Å². The number of carbonyl (C=O) groups excluding carboxylic acids is 3. The van der Waals surface area contributed by atoms with E-state index in [0.29, 0.717) is 6.42 Å². The van der Waals surface area contributed by atoms with Crippen LogP contribution in [-0.4, -0.2) is 64.2 Å². The number of aliphatic carboxylic acids is 1. The zero-order valence-electron chi connectivity index (χ0n) is 18.6. The molecule has 2 aromatic rings. The van der Waals surface area contributed by atoms with Crippen molar-refractivity contribution >= 4 is 47.2 Å². The van der Waals surface area contributed by atoms with Gasteiger partial charge in [-0.25, -0.2) is 4.79 Å². The minimum atomic E-state index is -1.23. The van der Waals surface area contributed by atoms with Gasteiger partial charge in [-0.05, 0) is 24.0 Å². The molecule has 0 bridgehead atoms. The number of fused-ring (bicyclic) bond motifs is 1. The lowest BCUT2D eigenvalue weighted by atomic mass is 10.0. The van der Waals surface area contributed by atoms with Crippen LogP contribution >= 0.6 is 12.6 Å². The van der Waals surface area contributed by atoms with E-state index in [-0.39, 0.29) is 24.6 Å². The number of aromatic amines is 1. The van der Waals surface area contributed by atoms with E-state index in [2.05, 4.69) is 33.6 Å². The van der Waals surface area contributed by atoms with E-state index in [4.69, 9.17) is 5.73 Å². The highest BCUT2D eigenvalue weighted by Crippen LogP contribution is 2.19. The van der Waals surface area contributed by atoms with Crippen molar-refractivity contribution in [2.24, 2.45) is 11.7 Å². The molecule has 11 heteroatoms. The summed E-state index contributed by atoms with van der Waals surface area (Å²) in [6.07, 6.45) is 2.19. The SMILES string of the molecule is CC(C)CC(NC(=O)CN)C(=O)NC(Cc1c[nH]c2ccccc12)C(=O)NC(CS)C(=O)O. The highest BCUT2D eigenvalue weighted by molar-refractivity contribution is 7.80. The summed E-state index contributed by atoms with van der Waals surface area (Å²) in [4.78, 5) is 52.3. The highest BCUT2D eigenvalue weighted by atomic mass is 32.1. The van der Waals surface area contributed by atoms with Gasteiger partial charge in [0, 0.05) is 29.3 Å². The fourth-order valence-electron chi connectivity index (χ4n) is 3.42. The second-order valence-electron chi connectivity index (χ2n) is 8.16. The Kier molecular flexibility index (Phi) is 9.74. The molecule has 0 spiro atoms. The minimum Gasteiger partial charge on any atom is -0.480 e. The lowest BCUT2D eigenvalue weighted by Gasteiger charge is -2.25. The molecule has 3 amide bonds. The topological polar surface area (TPSA) is 166 Å². The van der Waals surface area contributed by atoms with Gasteiger partial charge in [-0.1, -0.05) is 32.0 Å². The van der Waals surface area contributed by atoms with Crippen molar-refractivity contribution in [2.75, 3.05) is 12.3 Å². The quantitative estimate of drug-likeness (QED) is 0.215. The van der Waals surface area contributed by atoms with Crippen LogP contribution in [0.1, 0.15) is 25.8 Å². The minimum absolute atomic E-state index is 0.0836. The van der Waals surface area contributed by atoms with Crippen molar-refractivity contribution < 1.29 is 24.3 Å². The smallest absolute Gasteiger partial charge is 0.327 e. The fraction of sp³-hybridized carbons (Fsp3) is 0.455. The highest BCUT2D eigenvalue weighted by Gasteiger charge is 2.30. The second kappa shape index (κ2) is 12.3. The van der Waals surface area contributed by atoms with Crippen LogP contribution in [0.25, 0.3) is 10.9 Å². The molecule has 180 valence electrons. The van der Waals surface area contributed by atoms with Gasteiger partial charge >= 0.3 is 5.97 Å². The molecule has 7 N–H and O–H groups in total. The van der Waals surface area contributed by atoms with Gasteiger partial charge in [-0.3, -0.25) is 14.4 Å². The number of rotatable bonds is 12. The molecule has 1 aromatic carbocycles. The Hall–Kier alpha value is -3.05. The fourth-order valence-corrected chi connectivity index (χ4v) is 3.66. The number of benzene rings is 1. The predicted octanol–water partition coefficient (Wildman–Crippen LogP) is 0.184. The zero-order chi connectivity index (χ0) is 24.5. The van der Waals surface area contributed by atoms with E-state index < -0.39 is 41.8 Å². The molecule has 0 radical (unpaired) electrons. The van der Waals surface area contributed by atoms with Gasteiger partial charge in [-0.15, -0.1) is 0 Å². The number of nitrogens with two attached hydrogens (primary N) is 1. The molecule has 3 unspecified atom stereocenters. The average Bonchev–Trinajstić information content (AvgIpc) is 3.18. The molecule has 0 aliphatic carbocycles. The van der Waals surface area contributed by atoms with Crippen LogP contribution in [0.5, 0.6) is 0 Å². The van der Waals surface area contributed by atoms with Crippen LogP contribution in [-0.2, 0) is 25.6 Å². The normalized spacial score (nSPS) is 13.8. The first-order valence-electron chi connectivity index (χ1n) is 10.6. The number of carboxylic acid groups (broad SMARTS) is 1. The molecule has 0 saturated heterocycles. The molecule has 3 atom stereocenters. The Morgan fingerprint density at radius 2 is 1.67 bits per heavy atom. The van der Waals surface area contributed by atoms with Gasteiger partial charge in [-0.2, -0.15) is 12.6 Å². The monoisotopic (exact) mass is 477 g/mol. The Labute approximate surface area is 197 Å². The lowest BCUT2D eigenvalue weighted by molar-refractivity contribution is -0.141. The number of aromatic nitrogens is 1. The third-order valence-corrected chi connectivity index (χ3v) is 5.44. The molecular formula is C22H31N5O5S. The van der Waals surface area contributed by atoms with Crippen molar-refractivity contribution in [3.05, 3.63) is 36.0 Å². The summed E-state index contributed by atoms with van der Waals surface area (Å²) >= 11 is 3.98. The van der Waals surface area contributed by atoms with E-state index in [1.165, 1.54) is 0 Å². The maximum absolute atomic E-state index is 13.0. The number of carboxylic acids is 1. The molecule has 0 aliphatic rings. The van der Waals surface area contributed by atoms with Crippen molar-refractivity contribution in [3.63, 3.8) is 0 Å². The van der Waals surface area contributed by atoms with Gasteiger partial charge in [0.05, 0.1) is 6.54 Å². The lowest BCUT2D eigenvalue weighted by Crippen LogP contribution is -2.57. The average molecular weight is 478 g/mol. The van der Waals surface area contributed by atoms with Crippen LogP contribution in [0.15, 0.2) is 30.5 Å². The Morgan fingerprint density at radius 3 is 2.27 bits per heavy atom. The first kappa shape index (κ1) is 26.2. The molecule has 1 heterocycles. The summed E-state index contributed by atoms with van der Waals surface area (Å²) in [5, 5.41) is 17.8. The third kappa shape index (κ3) is 7.50. The molecule has 0 aliphatic heterocycles. The number of carbonyl (C=O) groups is 4. The van der Waals surface area contributed by atoms with E-state index in [0.717, 1.165) is 16.5 Å². The van der Waals surface area contributed by atoms with E-state index in [1.54, 1.807) is 6.20 Å². The number of nitrogens with one attached hydrogen (secondary N) is 4. The predicted molar refractivity (Wildman–Crippen MR) is 128 cm³/mol. The van der Waals surface area contributed by atoms with E-state index in [9.17, 15) is 24.3 Å². The van der Waals surface area contributed by atoms with Gasteiger partial charge < -0.3 is 31.8 Å². The van der Waals surface area contributed by atoms with Crippen molar-refractivity contribution in [1.82, 2.24) is 20.9 Å². The number of hydrogen-bond donors (Lipinski definition) is 7. The molecule has 10 nitrogen and oxygen atoms in total. The van der Waals surface area contributed by atoms with E-state index in [1.807, 2.05) is 38.1 Å². The third-order valence-electron chi connectivity index (χ3n) is 5.07. The number of hydrogen-bond acceptors (Lipinski definition) is 6. The summed E-state index contributed by atoms with van der Waals surface area (Å²) in [6.45, 7) is 3.52. The van der Waals surface area contributed by atoms with E-state index >= 15 is 0 Å². The molecule has 1 aromatic heterocycles. The first-order valence-corrected chi connectivity index (χ1v) is 11.3. The molecular weight excluding hydrogens is 446 g/mol. The van der Waals surface area contributed by atoms with Gasteiger partial charge in [0.25, 0.3) is 0 Å². The molecule has 0 fully saturated rings. The van der Waals surface area contributed by atoms with Crippen LogP contribution in [0.3, 0.4) is 0 Å². The first-order chi connectivity index (χ1) is 15.7. The van der Waals surface area contributed by atoms with Crippen LogP contribution in [0, 0.1) is 5.92 Å². The number of para-hydroxylation sites is 1. The zero-order valence-corrected chi connectivity index (χ0v) is 19.5. The molecule has 0 saturated carbocycles. The summed E-state index contributed by atoms with van der Waals surface area (Å²) in [5.74, 6) is -2.97. The van der Waals surface area contributed by atoms with Crippen molar-refractivity contribution in [1.29, 1.82) is 0 Å². The van der Waals surface area contributed by atoms with Gasteiger partial charge in [0.15, 0.2) is 0 Å². The second-order valence-corrected chi connectivity index (χ2v) is 8.53. The van der Waals surface area contributed by atoms with Crippen LogP contribution in [0.4, 0.5) is 0 Å². The van der Waals surface area contributed by atoms with Crippen LogP contribution < -0.4 is 21.7 Å². The van der Waals surface area contributed by atoms with Gasteiger partial charge in [0.1, 0.15) is 18.1 Å². The standard InChI is InChI=1S/C22H31N5O5S/c1-12(2)7-16(25-19(28)9-23)20(29)26-17(21(30)27-18(11-33)22(31)32)8-13-10-24-15-6-4-3-5-14(13)15/h3-6,10,12,16-18,24,33H,7-9,11,23H2,1-2H3,(H,25,28)(H,26,29)(H,27,30)(H,31,32). The maximum atomic E-state index is 13.0. The number of H-pyrrole nitrogens is 1. The Balaban J connectivity index is 2.29. The summed E-state index contributed by atoms with van der Waals surface area (Å²) in [6, 6.07) is 4.31. The van der Waals surface area contributed by atoms with Gasteiger partial charge in [0.2, 0.25) is 17.7 Å². The maximum Gasteiger partial charge on any atom is 0.327 e. The van der Waals surface area contributed by atoms with Crippen molar-refractivity contribution in [3.8, 4) is 0 Å². The summed E-state index contributed by atoms with van der Waals surface area (Å²) in [7, 11) is 0. The van der Waals surface area contributed by atoms with Crippen molar-refractivity contribution in [2.45, 2.75) is 44.8 Å². The Bertz CT molecular complexity index is 992. The molecule has 2 rings (SSSR count).